The molecule has 238 valence electrons. The van der Waals surface area contributed by atoms with Crippen molar-refractivity contribution in [2.45, 2.75) is 80.2 Å². The van der Waals surface area contributed by atoms with Gasteiger partial charge in [0.25, 0.3) is 15.7 Å². The van der Waals surface area contributed by atoms with E-state index in [1.165, 1.54) is 32.5 Å². The van der Waals surface area contributed by atoms with Crippen LogP contribution in [0, 0.1) is 17.0 Å². The summed E-state index contributed by atoms with van der Waals surface area (Å²) in [6, 6.07) is 19.2. The lowest BCUT2D eigenvalue weighted by Crippen LogP contribution is -2.52. The molecule has 0 N–H and O–H groups in total. The first-order valence-electron chi connectivity index (χ1n) is 15.3. The van der Waals surface area contributed by atoms with Crippen molar-refractivity contribution >= 4 is 36.6 Å². The maximum atomic E-state index is 14.5. The van der Waals surface area contributed by atoms with Crippen LogP contribution in [-0.2, 0) is 36.7 Å². The van der Waals surface area contributed by atoms with Gasteiger partial charge in [-0.2, -0.15) is 4.31 Å². The molecule has 2 aliphatic heterocycles. The van der Waals surface area contributed by atoms with Crippen LogP contribution in [0.25, 0.3) is 10.9 Å². The molecule has 1 aromatic heterocycles. The van der Waals surface area contributed by atoms with E-state index < -0.39 is 41.0 Å². The van der Waals surface area contributed by atoms with Crippen LogP contribution in [0.2, 0.25) is 0 Å². The number of unbranched alkanes of at least 4 members (excludes halogenated alkanes) is 2. The maximum Gasteiger partial charge on any atom is 0.289 e. The number of nitro benzene ring substituents is 1. The molecule has 0 amide bonds. The summed E-state index contributed by atoms with van der Waals surface area (Å²) in [7, 11) is -8.59. The topological polar surface area (TPSA) is 129 Å². The van der Waals surface area contributed by atoms with Gasteiger partial charge in [-0.05, 0) is 56.0 Å². The van der Waals surface area contributed by atoms with Crippen LogP contribution in [0.1, 0.15) is 62.3 Å². The molecule has 0 saturated carbocycles. The molecule has 0 radical (unpaired) electrons. The molecule has 0 aliphatic carbocycles. The van der Waals surface area contributed by atoms with Crippen molar-refractivity contribution in [3.8, 4) is 0 Å². The second kappa shape index (κ2) is 12.0. The molecule has 2 atom stereocenters. The Labute approximate surface area is 263 Å². The predicted molar refractivity (Wildman–Crippen MR) is 171 cm³/mol. The van der Waals surface area contributed by atoms with Gasteiger partial charge >= 0.3 is 0 Å². The highest BCUT2D eigenvalue weighted by atomic mass is 32.2. The first-order valence-corrected chi connectivity index (χ1v) is 18.2. The fourth-order valence-electron chi connectivity index (χ4n) is 7.06. The van der Waals surface area contributed by atoms with Gasteiger partial charge in [0.05, 0.1) is 33.7 Å². The number of fused-ring (bicyclic) bond motifs is 4. The summed E-state index contributed by atoms with van der Waals surface area (Å²) in [5, 5.41) is 12.7. The Morgan fingerprint density at radius 3 is 2.40 bits per heavy atom. The standard InChI is InChI=1S/C33H37N3O7S2/c1-3-4-5-10-25-21-33(19-20-43-25)23-34(45(41,42)31-14-9-8-13-29(31)36(37)38)22-30-32(33)27-11-6-7-12-28(27)35(30)44(39,40)26-17-15-24(2)16-18-26/h6-9,11-18,25H,3-5,10,19-23H2,1-2H3. The Bertz CT molecular complexity index is 1970. The number of rotatable bonds is 9. The van der Waals surface area contributed by atoms with Gasteiger partial charge in [0, 0.05) is 30.0 Å². The van der Waals surface area contributed by atoms with Crippen molar-refractivity contribution in [2.75, 3.05) is 13.2 Å². The quantitative estimate of drug-likeness (QED) is 0.118. The van der Waals surface area contributed by atoms with E-state index in [0.29, 0.717) is 30.7 Å². The number of para-hydroxylation sites is 2. The second-order valence-corrected chi connectivity index (χ2v) is 15.8. The van der Waals surface area contributed by atoms with Gasteiger partial charge in [0.15, 0.2) is 4.90 Å². The Hall–Kier alpha value is -3.58. The Morgan fingerprint density at radius 2 is 1.67 bits per heavy atom. The first kappa shape index (κ1) is 31.4. The van der Waals surface area contributed by atoms with Crippen LogP contribution in [-0.4, -0.2) is 49.3 Å². The summed E-state index contributed by atoms with van der Waals surface area (Å²) < 4.78 is 66.4. The highest BCUT2D eigenvalue weighted by Gasteiger charge is 2.50. The van der Waals surface area contributed by atoms with Crippen LogP contribution in [0.5, 0.6) is 0 Å². The Morgan fingerprint density at radius 1 is 0.956 bits per heavy atom. The van der Waals surface area contributed by atoms with E-state index in [2.05, 4.69) is 6.92 Å². The smallest absolute Gasteiger partial charge is 0.289 e. The van der Waals surface area contributed by atoms with E-state index in [-0.39, 0.29) is 24.1 Å². The van der Waals surface area contributed by atoms with Crippen molar-refractivity contribution in [1.29, 1.82) is 0 Å². The summed E-state index contributed by atoms with van der Waals surface area (Å²) in [6.45, 7) is 4.19. The molecular weight excluding hydrogens is 615 g/mol. The van der Waals surface area contributed by atoms with Crippen molar-refractivity contribution in [2.24, 2.45) is 0 Å². The molecule has 3 heterocycles. The minimum absolute atomic E-state index is 0.0562. The van der Waals surface area contributed by atoms with Gasteiger partial charge in [0.1, 0.15) is 0 Å². The number of aromatic nitrogens is 1. The minimum atomic E-state index is -4.42. The van der Waals surface area contributed by atoms with Gasteiger partial charge in [-0.1, -0.05) is 74.2 Å². The number of ether oxygens (including phenoxy) is 1. The van der Waals surface area contributed by atoms with Crippen LogP contribution >= 0.6 is 0 Å². The lowest BCUT2D eigenvalue weighted by Gasteiger charge is -2.47. The van der Waals surface area contributed by atoms with Crippen LogP contribution < -0.4 is 0 Å². The number of hydrogen-bond donors (Lipinski definition) is 0. The molecule has 2 aliphatic rings. The lowest BCUT2D eigenvalue weighted by atomic mass is 9.69. The highest BCUT2D eigenvalue weighted by molar-refractivity contribution is 7.90. The molecule has 0 bridgehead atoms. The maximum absolute atomic E-state index is 14.5. The van der Waals surface area contributed by atoms with Gasteiger partial charge in [0.2, 0.25) is 10.0 Å². The molecule has 3 aromatic carbocycles. The largest absolute Gasteiger partial charge is 0.378 e. The van der Waals surface area contributed by atoms with Crippen molar-refractivity contribution < 1.29 is 26.5 Å². The highest BCUT2D eigenvalue weighted by Crippen LogP contribution is 2.50. The van der Waals surface area contributed by atoms with E-state index in [9.17, 15) is 26.9 Å². The third-order valence-corrected chi connectivity index (χ3v) is 12.8. The molecule has 2 unspecified atom stereocenters. The zero-order chi connectivity index (χ0) is 32.0. The Kier molecular flexibility index (Phi) is 8.36. The average molecular weight is 652 g/mol. The van der Waals surface area contributed by atoms with Gasteiger partial charge in [-0.25, -0.2) is 20.8 Å². The van der Waals surface area contributed by atoms with E-state index in [1.807, 2.05) is 19.1 Å². The third-order valence-electron chi connectivity index (χ3n) is 9.18. The molecule has 4 aromatic rings. The van der Waals surface area contributed by atoms with Gasteiger partial charge in [-0.15, -0.1) is 0 Å². The third kappa shape index (κ3) is 5.47. The summed E-state index contributed by atoms with van der Waals surface area (Å²) >= 11 is 0. The van der Waals surface area contributed by atoms with Gasteiger partial charge < -0.3 is 4.74 Å². The van der Waals surface area contributed by atoms with E-state index in [0.717, 1.165) is 42.2 Å². The zero-order valence-corrected chi connectivity index (χ0v) is 27.0. The van der Waals surface area contributed by atoms with E-state index in [1.54, 1.807) is 36.4 Å². The van der Waals surface area contributed by atoms with Crippen LogP contribution in [0.15, 0.2) is 82.6 Å². The first-order chi connectivity index (χ1) is 21.5. The minimum Gasteiger partial charge on any atom is -0.378 e. The van der Waals surface area contributed by atoms with E-state index in [4.69, 9.17) is 4.74 Å². The van der Waals surface area contributed by atoms with Crippen molar-refractivity contribution in [1.82, 2.24) is 8.28 Å². The monoisotopic (exact) mass is 651 g/mol. The van der Waals surface area contributed by atoms with E-state index >= 15 is 0 Å². The average Bonchev–Trinajstić information content (AvgIpc) is 3.37. The number of hydrogen-bond acceptors (Lipinski definition) is 7. The summed E-state index contributed by atoms with van der Waals surface area (Å²) in [5.74, 6) is 0. The lowest BCUT2D eigenvalue weighted by molar-refractivity contribution is -0.387. The summed E-state index contributed by atoms with van der Waals surface area (Å²) in [6.07, 6.45) is 4.71. The summed E-state index contributed by atoms with van der Waals surface area (Å²) in [4.78, 5) is 10.9. The molecule has 12 heteroatoms. The van der Waals surface area contributed by atoms with Crippen molar-refractivity contribution in [3.05, 3.63) is 99.7 Å². The predicted octanol–water partition coefficient (Wildman–Crippen LogP) is 6.30. The molecule has 1 saturated heterocycles. The molecule has 6 rings (SSSR count). The molecule has 10 nitrogen and oxygen atoms in total. The molecule has 45 heavy (non-hydrogen) atoms. The fraction of sp³-hybridized carbons (Fsp3) is 0.394. The number of nitro groups is 1. The fourth-order valence-corrected chi connectivity index (χ4v) is 10.3. The number of sulfonamides is 1. The SMILES string of the molecule is CCCCCC1CC2(CCO1)CN(S(=O)(=O)c1ccccc1[N+](=O)[O-])Cc1c2c2ccccc2n1S(=O)(=O)c1ccc(C)cc1. The summed E-state index contributed by atoms with van der Waals surface area (Å²) in [5.41, 5.74) is 1.28. The normalized spacial score (nSPS) is 20.8. The van der Waals surface area contributed by atoms with Crippen LogP contribution in [0.3, 0.4) is 0 Å². The molecule has 1 spiro atoms. The number of nitrogens with zero attached hydrogens (tertiary/aromatic N) is 3. The number of benzene rings is 3. The second-order valence-electron chi connectivity index (χ2n) is 12.1. The molecular formula is C33H37N3O7S2. The van der Waals surface area contributed by atoms with Crippen molar-refractivity contribution in [3.63, 3.8) is 0 Å². The zero-order valence-electron chi connectivity index (χ0n) is 25.4. The Balaban J connectivity index is 1.59. The number of aryl methyl sites for hydroxylation is 1. The molecule has 1 fully saturated rings. The van der Waals surface area contributed by atoms with Crippen LogP contribution in [0.4, 0.5) is 5.69 Å². The van der Waals surface area contributed by atoms with Gasteiger partial charge in [-0.3, -0.25) is 10.1 Å².